The first-order valence-corrected chi connectivity index (χ1v) is 7.42. The summed E-state index contributed by atoms with van der Waals surface area (Å²) in [7, 11) is 0. The molecule has 0 aliphatic heterocycles. The summed E-state index contributed by atoms with van der Waals surface area (Å²) in [5.74, 6) is 0. The Balaban J connectivity index is 2.28. The van der Waals surface area contributed by atoms with Crippen molar-refractivity contribution in [1.82, 2.24) is 4.98 Å². The van der Waals surface area contributed by atoms with Gasteiger partial charge in [0.15, 0.2) is 0 Å². The second-order valence-electron chi connectivity index (χ2n) is 4.69. The lowest BCUT2D eigenvalue weighted by atomic mass is 9.99. The van der Waals surface area contributed by atoms with E-state index in [2.05, 4.69) is 11.1 Å². The predicted molar refractivity (Wildman–Crippen MR) is 90.5 cm³/mol. The highest BCUT2D eigenvalue weighted by Crippen LogP contribution is 2.34. The average Bonchev–Trinajstić information content (AvgIpc) is 2.55. The highest BCUT2D eigenvalue weighted by atomic mass is 35.5. The molecule has 1 aromatic heterocycles. The maximum absolute atomic E-state index is 9.41. The van der Waals surface area contributed by atoms with Crippen LogP contribution in [-0.4, -0.2) is 4.98 Å². The standard InChI is InChI=1S/C18H11ClN2S/c19-16-9-5-4-8-13(16)14-10-17(12-6-2-1-3-7-12)21-18(22)15(14)11-20/h1-10H,(H,21,22)/p-1. The van der Waals surface area contributed by atoms with E-state index in [0.717, 1.165) is 16.8 Å². The zero-order valence-electron chi connectivity index (χ0n) is 11.5. The van der Waals surface area contributed by atoms with E-state index in [1.54, 1.807) is 6.07 Å². The molecule has 2 nitrogen and oxygen atoms in total. The fourth-order valence-electron chi connectivity index (χ4n) is 2.28. The fraction of sp³-hybridized carbons (Fsp3) is 0. The summed E-state index contributed by atoms with van der Waals surface area (Å²) in [4.78, 5) is 4.38. The van der Waals surface area contributed by atoms with Gasteiger partial charge in [0.05, 0.1) is 17.3 Å². The minimum Gasteiger partial charge on any atom is -0.759 e. The Hall–Kier alpha value is -2.41. The number of hydrogen-bond acceptors (Lipinski definition) is 3. The Bertz CT molecular complexity index is 870. The summed E-state index contributed by atoms with van der Waals surface area (Å²) in [5, 5.41) is 10.3. The molecule has 0 amide bonds. The van der Waals surface area contributed by atoms with Crippen LogP contribution >= 0.6 is 11.6 Å². The molecule has 2 aromatic carbocycles. The van der Waals surface area contributed by atoms with Crippen molar-refractivity contribution >= 4 is 24.2 Å². The van der Waals surface area contributed by atoms with Gasteiger partial charge in [0, 0.05) is 21.7 Å². The molecule has 0 unspecified atom stereocenters. The largest absolute Gasteiger partial charge is 0.759 e. The zero-order chi connectivity index (χ0) is 15.5. The molecule has 0 bridgehead atoms. The van der Waals surface area contributed by atoms with Crippen LogP contribution in [0.3, 0.4) is 0 Å². The topological polar surface area (TPSA) is 36.7 Å². The molecule has 0 saturated heterocycles. The number of aromatic nitrogens is 1. The normalized spacial score (nSPS) is 10.2. The first-order valence-electron chi connectivity index (χ1n) is 6.63. The van der Waals surface area contributed by atoms with Gasteiger partial charge in [0.2, 0.25) is 0 Å². The number of pyridine rings is 1. The first kappa shape index (κ1) is 14.5. The second-order valence-corrected chi connectivity index (χ2v) is 5.49. The van der Waals surface area contributed by atoms with Gasteiger partial charge in [0.1, 0.15) is 0 Å². The highest BCUT2D eigenvalue weighted by Gasteiger charge is 2.12. The van der Waals surface area contributed by atoms with Crippen LogP contribution in [0.25, 0.3) is 22.4 Å². The number of halogens is 1. The summed E-state index contributed by atoms with van der Waals surface area (Å²) < 4.78 is 0. The van der Waals surface area contributed by atoms with Crippen LogP contribution in [0.5, 0.6) is 0 Å². The van der Waals surface area contributed by atoms with E-state index in [-0.39, 0.29) is 0 Å². The maximum atomic E-state index is 9.41. The van der Waals surface area contributed by atoms with Crippen molar-refractivity contribution in [3.05, 3.63) is 71.2 Å². The fourth-order valence-corrected chi connectivity index (χ4v) is 2.77. The SMILES string of the molecule is N#Cc1c(-c2ccccc2Cl)cc(-c2ccccc2)nc1[S-]. The average molecular weight is 322 g/mol. The summed E-state index contributed by atoms with van der Waals surface area (Å²) >= 11 is 11.6. The maximum Gasteiger partial charge on any atom is 0.0998 e. The number of hydrogen-bond donors (Lipinski definition) is 0. The van der Waals surface area contributed by atoms with Crippen LogP contribution in [-0.2, 0) is 12.6 Å². The van der Waals surface area contributed by atoms with E-state index in [0.29, 0.717) is 21.2 Å². The molecule has 3 aromatic rings. The van der Waals surface area contributed by atoms with Crippen molar-refractivity contribution < 1.29 is 0 Å². The van der Waals surface area contributed by atoms with Crippen LogP contribution in [0.2, 0.25) is 5.02 Å². The molecular weight excluding hydrogens is 312 g/mol. The summed E-state index contributed by atoms with van der Waals surface area (Å²) in [6, 6.07) is 21.2. The quantitative estimate of drug-likeness (QED) is 0.633. The molecule has 1 heterocycles. The number of nitrogens with zero attached hydrogens (tertiary/aromatic N) is 2. The summed E-state index contributed by atoms with van der Waals surface area (Å²) in [5.41, 5.74) is 3.56. The van der Waals surface area contributed by atoms with Gasteiger partial charge < -0.3 is 12.6 Å². The summed E-state index contributed by atoms with van der Waals surface area (Å²) in [6.07, 6.45) is 0. The third kappa shape index (κ3) is 2.67. The third-order valence-corrected chi connectivity index (χ3v) is 3.96. The van der Waals surface area contributed by atoms with Crippen molar-refractivity contribution in [3.8, 4) is 28.5 Å². The third-order valence-electron chi connectivity index (χ3n) is 3.33. The lowest BCUT2D eigenvalue weighted by molar-refractivity contribution is 1.13. The minimum absolute atomic E-state index is 0.291. The monoisotopic (exact) mass is 321 g/mol. The van der Waals surface area contributed by atoms with Crippen molar-refractivity contribution in [2.24, 2.45) is 0 Å². The van der Waals surface area contributed by atoms with Gasteiger partial charge in [0.25, 0.3) is 0 Å². The Morgan fingerprint density at radius 3 is 2.32 bits per heavy atom. The molecule has 0 spiro atoms. The molecule has 0 fully saturated rings. The smallest absolute Gasteiger partial charge is 0.0998 e. The van der Waals surface area contributed by atoms with E-state index < -0.39 is 0 Å². The van der Waals surface area contributed by atoms with E-state index in [9.17, 15) is 5.26 Å². The first-order chi connectivity index (χ1) is 10.7. The molecule has 0 atom stereocenters. The van der Waals surface area contributed by atoms with Gasteiger partial charge in [-0.2, -0.15) is 5.26 Å². The van der Waals surface area contributed by atoms with Crippen molar-refractivity contribution in [2.75, 3.05) is 0 Å². The van der Waals surface area contributed by atoms with E-state index in [1.807, 2.05) is 54.6 Å². The van der Waals surface area contributed by atoms with Crippen LogP contribution in [0.15, 0.2) is 65.7 Å². The Morgan fingerprint density at radius 2 is 1.64 bits per heavy atom. The van der Waals surface area contributed by atoms with Gasteiger partial charge in [-0.1, -0.05) is 65.2 Å². The van der Waals surface area contributed by atoms with Gasteiger partial charge in [-0.25, -0.2) is 0 Å². The number of benzene rings is 2. The minimum atomic E-state index is 0.291. The summed E-state index contributed by atoms with van der Waals surface area (Å²) in [6.45, 7) is 0. The van der Waals surface area contributed by atoms with Gasteiger partial charge in [-0.15, -0.1) is 0 Å². The molecule has 0 N–H and O–H groups in total. The molecule has 0 aliphatic carbocycles. The van der Waals surface area contributed by atoms with Crippen LogP contribution in [0, 0.1) is 11.3 Å². The van der Waals surface area contributed by atoms with Gasteiger partial charge >= 0.3 is 0 Å². The van der Waals surface area contributed by atoms with Crippen molar-refractivity contribution in [1.29, 1.82) is 5.26 Å². The highest BCUT2D eigenvalue weighted by molar-refractivity contribution is 7.58. The van der Waals surface area contributed by atoms with Gasteiger partial charge in [-0.3, -0.25) is 4.98 Å². The Kier molecular flexibility index (Phi) is 4.06. The Labute approximate surface area is 139 Å². The van der Waals surface area contributed by atoms with Crippen LogP contribution in [0.4, 0.5) is 0 Å². The van der Waals surface area contributed by atoms with E-state index in [1.165, 1.54) is 0 Å². The molecule has 0 aliphatic rings. The van der Waals surface area contributed by atoms with Crippen LogP contribution < -0.4 is 0 Å². The van der Waals surface area contributed by atoms with Gasteiger partial charge in [-0.05, 0) is 12.1 Å². The van der Waals surface area contributed by atoms with Crippen molar-refractivity contribution in [2.45, 2.75) is 5.03 Å². The van der Waals surface area contributed by atoms with E-state index in [4.69, 9.17) is 24.2 Å². The predicted octanol–water partition coefficient (Wildman–Crippen LogP) is 4.85. The number of rotatable bonds is 2. The van der Waals surface area contributed by atoms with Crippen LogP contribution in [0.1, 0.15) is 5.56 Å². The van der Waals surface area contributed by atoms with E-state index >= 15 is 0 Å². The lowest BCUT2D eigenvalue weighted by Crippen LogP contribution is -1.95. The molecule has 106 valence electrons. The Morgan fingerprint density at radius 1 is 0.955 bits per heavy atom. The second kappa shape index (κ2) is 6.15. The zero-order valence-corrected chi connectivity index (χ0v) is 13.0. The number of nitriles is 1. The molecule has 22 heavy (non-hydrogen) atoms. The molecule has 4 heteroatoms. The lowest BCUT2D eigenvalue weighted by Gasteiger charge is -2.16. The molecule has 0 saturated carbocycles. The molecule has 0 radical (unpaired) electrons. The van der Waals surface area contributed by atoms with Crippen molar-refractivity contribution in [3.63, 3.8) is 0 Å². The molecular formula is C18H10ClN2S-. The molecule has 3 rings (SSSR count).